The second-order valence-corrected chi connectivity index (χ2v) is 11.6. The molecule has 0 aliphatic heterocycles. The number of hydrogen-bond acceptors (Lipinski definition) is 6. The second-order valence-electron chi connectivity index (χ2n) is 4.92. The highest BCUT2D eigenvalue weighted by Crippen LogP contribution is 2.12. The van der Waals surface area contributed by atoms with E-state index in [1.54, 1.807) is 0 Å². The molecule has 6 N–H and O–H groups in total. The lowest BCUT2D eigenvalue weighted by atomic mass is 10.5. The van der Waals surface area contributed by atoms with Gasteiger partial charge >= 0.3 is 8.80 Å². The summed E-state index contributed by atoms with van der Waals surface area (Å²) in [6.07, 6.45) is 1.71. The van der Waals surface area contributed by atoms with E-state index in [-0.39, 0.29) is 0 Å². The summed E-state index contributed by atoms with van der Waals surface area (Å²) in [6, 6.07) is 1.48. The van der Waals surface area contributed by atoms with E-state index in [1.165, 1.54) is 13.2 Å². The van der Waals surface area contributed by atoms with Crippen molar-refractivity contribution in [3.8, 4) is 0 Å². The third kappa shape index (κ3) is 16.1. The van der Waals surface area contributed by atoms with E-state index in [9.17, 15) is 0 Å². The molecule has 0 atom stereocenters. The average Bonchev–Trinajstić information content (AvgIpc) is 2.35. The molecular formula is C11H32N2O4Si2. The molecule has 118 valence electrons. The maximum Gasteiger partial charge on any atom is 0.495 e. The van der Waals surface area contributed by atoms with Gasteiger partial charge in [-0.2, -0.15) is 0 Å². The summed E-state index contributed by atoms with van der Waals surface area (Å²) >= 11 is 0. The van der Waals surface area contributed by atoms with Crippen LogP contribution < -0.4 is 11.5 Å². The van der Waals surface area contributed by atoms with Crippen molar-refractivity contribution >= 4 is 17.1 Å². The Kier molecular flexibility index (Phi) is 13.5. The Morgan fingerprint density at radius 3 is 1.84 bits per heavy atom. The molecule has 0 amide bonds. The molecular weight excluding hydrogens is 280 g/mol. The molecule has 0 aromatic heterocycles. The van der Waals surface area contributed by atoms with Crippen LogP contribution in [0.5, 0.6) is 0 Å². The quantitative estimate of drug-likeness (QED) is 0.461. The number of nitrogens with two attached hydrogens (primary N) is 2. The first kappa shape index (κ1) is 21.5. The molecule has 0 bridgehead atoms. The molecule has 0 radical (unpaired) electrons. The number of rotatable bonds is 9. The van der Waals surface area contributed by atoms with Crippen LogP contribution in [0.25, 0.3) is 0 Å². The molecule has 0 aromatic rings. The lowest BCUT2D eigenvalue weighted by molar-refractivity contribution is 0.184. The van der Waals surface area contributed by atoms with Crippen molar-refractivity contribution in [2.75, 3.05) is 26.8 Å². The summed E-state index contributed by atoms with van der Waals surface area (Å²) in [5.41, 5.74) is 10.5. The van der Waals surface area contributed by atoms with Gasteiger partial charge in [0.2, 0.25) is 0 Å². The Labute approximate surface area is 119 Å². The van der Waals surface area contributed by atoms with Crippen molar-refractivity contribution in [1.82, 2.24) is 0 Å². The van der Waals surface area contributed by atoms with Crippen LogP contribution in [0.4, 0.5) is 0 Å². The van der Waals surface area contributed by atoms with Gasteiger partial charge in [0.25, 0.3) is 0 Å². The van der Waals surface area contributed by atoms with Crippen LogP contribution in [0.1, 0.15) is 19.8 Å². The van der Waals surface area contributed by atoms with Crippen LogP contribution in [0.15, 0.2) is 0 Å². The highest BCUT2D eigenvalue weighted by atomic mass is 28.4. The molecule has 0 aliphatic carbocycles. The molecule has 6 nitrogen and oxygen atoms in total. The van der Waals surface area contributed by atoms with E-state index in [2.05, 4.69) is 24.4 Å². The van der Waals surface area contributed by atoms with Crippen LogP contribution in [-0.2, 0) is 8.85 Å². The Bertz CT molecular complexity index is 207. The molecule has 0 saturated carbocycles. The SMILES string of the molecule is CCO[Si](C)(C)CCCN.CO[Si](O)(O)CCCN. The first-order valence-electron chi connectivity index (χ1n) is 6.78. The van der Waals surface area contributed by atoms with Gasteiger partial charge in [0.15, 0.2) is 8.32 Å². The summed E-state index contributed by atoms with van der Waals surface area (Å²) in [5.74, 6) is 0. The van der Waals surface area contributed by atoms with Gasteiger partial charge in [-0.1, -0.05) is 0 Å². The Morgan fingerprint density at radius 1 is 1.00 bits per heavy atom. The molecule has 0 unspecified atom stereocenters. The van der Waals surface area contributed by atoms with Gasteiger partial charge in [-0.05, 0) is 52.0 Å². The molecule has 0 aromatic carbocycles. The fraction of sp³-hybridized carbons (Fsp3) is 1.00. The van der Waals surface area contributed by atoms with E-state index >= 15 is 0 Å². The van der Waals surface area contributed by atoms with Crippen molar-refractivity contribution in [3.05, 3.63) is 0 Å². The minimum atomic E-state index is -3.28. The van der Waals surface area contributed by atoms with Gasteiger partial charge in [-0.15, -0.1) is 0 Å². The lowest BCUT2D eigenvalue weighted by Crippen LogP contribution is -2.37. The topological polar surface area (TPSA) is 111 Å². The third-order valence-corrected chi connectivity index (χ3v) is 6.84. The smallest absolute Gasteiger partial charge is 0.418 e. The van der Waals surface area contributed by atoms with E-state index in [1.807, 2.05) is 0 Å². The Morgan fingerprint density at radius 2 is 1.47 bits per heavy atom. The molecule has 0 spiro atoms. The lowest BCUT2D eigenvalue weighted by Gasteiger charge is -2.21. The predicted octanol–water partition coefficient (Wildman–Crippen LogP) is 0.482. The van der Waals surface area contributed by atoms with Crippen LogP contribution in [0.3, 0.4) is 0 Å². The summed E-state index contributed by atoms with van der Waals surface area (Å²) in [6.45, 7) is 8.65. The molecule has 0 saturated heterocycles. The van der Waals surface area contributed by atoms with Gasteiger partial charge < -0.3 is 29.9 Å². The van der Waals surface area contributed by atoms with Gasteiger partial charge in [0.1, 0.15) is 0 Å². The van der Waals surface area contributed by atoms with E-state index < -0.39 is 17.1 Å². The fourth-order valence-electron chi connectivity index (χ4n) is 1.43. The van der Waals surface area contributed by atoms with Crippen molar-refractivity contribution < 1.29 is 18.4 Å². The summed E-state index contributed by atoms with van der Waals surface area (Å²) in [4.78, 5) is 17.7. The zero-order valence-corrected chi connectivity index (χ0v) is 14.8. The van der Waals surface area contributed by atoms with Gasteiger partial charge in [-0.3, -0.25) is 0 Å². The maximum absolute atomic E-state index is 8.87. The largest absolute Gasteiger partial charge is 0.495 e. The van der Waals surface area contributed by atoms with E-state index in [4.69, 9.17) is 25.5 Å². The fourth-order valence-corrected chi connectivity index (χ4v) is 4.28. The highest BCUT2D eigenvalue weighted by molar-refractivity contribution is 6.71. The van der Waals surface area contributed by atoms with Crippen LogP contribution in [0.2, 0.25) is 25.2 Å². The average molecular weight is 313 g/mol. The second kappa shape index (κ2) is 12.0. The van der Waals surface area contributed by atoms with Crippen molar-refractivity contribution in [1.29, 1.82) is 0 Å². The van der Waals surface area contributed by atoms with Gasteiger partial charge in [0, 0.05) is 19.8 Å². The minimum absolute atomic E-state index is 0.292. The minimum Gasteiger partial charge on any atom is -0.418 e. The molecule has 0 rings (SSSR count). The predicted molar refractivity (Wildman–Crippen MR) is 83.3 cm³/mol. The molecule has 0 fully saturated rings. The van der Waals surface area contributed by atoms with Gasteiger partial charge in [-0.25, -0.2) is 0 Å². The van der Waals surface area contributed by atoms with Crippen LogP contribution in [0, 0.1) is 0 Å². The Balaban J connectivity index is 0. The van der Waals surface area contributed by atoms with Crippen molar-refractivity contribution in [3.63, 3.8) is 0 Å². The van der Waals surface area contributed by atoms with E-state index in [0.717, 1.165) is 19.6 Å². The first-order chi connectivity index (χ1) is 8.74. The standard InChI is InChI=1S/C7H19NOSi.C4H13NO3Si/c1-4-9-10(2,3)7-5-6-8;1-8-9(6,7)4-2-3-5/h4-8H2,1-3H3;6-7H,2-5H2,1H3. The van der Waals surface area contributed by atoms with Gasteiger partial charge in [0.05, 0.1) is 0 Å². The summed E-state index contributed by atoms with van der Waals surface area (Å²) in [7, 11) is -3.29. The maximum atomic E-state index is 8.87. The molecule has 0 aliphatic rings. The monoisotopic (exact) mass is 312 g/mol. The third-order valence-electron chi connectivity index (χ3n) is 2.55. The molecule has 0 heterocycles. The van der Waals surface area contributed by atoms with E-state index in [0.29, 0.717) is 19.0 Å². The first-order valence-corrected chi connectivity index (χ1v) is 11.9. The van der Waals surface area contributed by atoms with Crippen LogP contribution in [-0.4, -0.2) is 53.5 Å². The Hall–Kier alpha value is 0.194. The summed E-state index contributed by atoms with van der Waals surface area (Å²) in [5, 5.41) is 0. The zero-order valence-electron chi connectivity index (χ0n) is 12.8. The highest BCUT2D eigenvalue weighted by Gasteiger charge is 2.29. The summed E-state index contributed by atoms with van der Waals surface area (Å²) < 4.78 is 10.0. The van der Waals surface area contributed by atoms with Crippen molar-refractivity contribution in [2.45, 2.75) is 44.9 Å². The molecule has 19 heavy (non-hydrogen) atoms. The van der Waals surface area contributed by atoms with Crippen molar-refractivity contribution in [2.24, 2.45) is 11.5 Å². The molecule has 8 heteroatoms. The zero-order chi connectivity index (χ0) is 15.4. The normalized spacial score (nSPS) is 12.0. The number of hydrogen-bond donors (Lipinski definition) is 4. The van der Waals surface area contributed by atoms with Crippen LogP contribution >= 0.6 is 0 Å².